The molecular formula is C21H21BrN2O5. The number of esters is 1. The van der Waals surface area contributed by atoms with Crippen LogP contribution in [-0.2, 0) is 16.1 Å². The predicted octanol–water partition coefficient (Wildman–Crippen LogP) is 3.84. The van der Waals surface area contributed by atoms with E-state index in [1.165, 1.54) is 14.2 Å². The summed E-state index contributed by atoms with van der Waals surface area (Å²) < 4.78 is 17.1. The minimum Gasteiger partial charge on any atom is -0.493 e. The Kier molecular flexibility index (Phi) is 6.43. The maximum absolute atomic E-state index is 13.0. The molecule has 3 rings (SSSR count). The van der Waals surface area contributed by atoms with Crippen LogP contribution in [0.5, 0.6) is 11.5 Å². The van der Waals surface area contributed by atoms with Crippen molar-refractivity contribution in [1.82, 2.24) is 10.6 Å². The Morgan fingerprint density at radius 2 is 1.86 bits per heavy atom. The molecule has 0 saturated carbocycles. The molecule has 0 aliphatic carbocycles. The first kappa shape index (κ1) is 20.7. The van der Waals surface area contributed by atoms with Gasteiger partial charge < -0.3 is 24.8 Å². The number of urea groups is 1. The molecule has 1 heterocycles. The van der Waals surface area contributed by atoms with E-state index in [-0.39, 0.29) is 6.61 Å². The highest BCUT2D eigenvalue weighted by Crippen LogP contribution is 2.41. The Morgan fingerprint density at radius 3 is 2.52 bits per heavy atom. The van der Waals surface area contributed by atoms with Gasteiger partial charge in [-0.05, 0) is 24.6 Å². The van der Waals surface area contributed by atoms with Crippen molar-refractivity contribution in [2.45, 2.75) is 19.6 Å². The second-order valence-electron chi connectivity index (χ2n) is 6.36. The summed E-state index contributed by atoms with van der Waals surface area (Å²) in [6, 6.07) is 11.7. The molecular weight excluding hydrogens is 440 g/mol. The highest BCUT2D eigenvalue weighted by molar-refractivity contribution is 9.10. The van der Waals surface area contributed by atoms with E-state index in [0.29, 0.717) is 32.8 Å². The summed E-state index contributed by atoms with van der Waals surface area (Å²) in [4.78, 5) is 25.1. The van der Waals surface area contributed by atoms with E-state index in [1.807, 2.05) is 30.3 Å². The average molecular weight is 461 g/mol. The number of amides is 2. The minimum atomic E-state index is -0.770. The van der Waals surface area contributed by atoms with Crippen LogP contribution in [0.1, 0.15) is 24.1 Å². The van der Waals surface area contributed by atoms with E-state index in [1.54, 1.807) is 19.1 Å². The highest BCUT2D eigenvalue weighted by atomic mass is 79.9. The topological polar surface area (TPSA) is 85.9 Å². The molecule has 2 amide bonds. The molecule has 1 atom stereocenters. The zero-order valence-corrected chi connectivity index (χ0v) is 17.8. The summed E-state index contributed by atoms with van der Waals surface area (Å²) in [7, 11) is 3.02. The third-order valence-electron chi connectivity index (χ3n) is 4.49. The van der Waals surface area contributed by atoms with E-state index >= 15 is 0 Å². The first-order valence-electron chi connectivity index (χ1n) is 8.85. The minimum absolute atomic E-state index is 0.121. The predicted molar refractivity (Wildman–Crippen MR) is 111 cm³/mol. The SMILES string of the molecule is COc1cc(Br)cc(C2NC(=O)NC(C)=C2C(=O)OCc2ccccc2)c1OC. The van der Waals surface area contributed by atoms with Crippen LogP contribution >= 0.6 is 15.9 Å². The third kappa shape index (κ3) is 4.54. The number of carbonyl (C=O) groups is 2. The molecule has 29 heavy (non-hydrogen) atoms. The van der Waals surface area contributed by atoms with Crippen molar-refractivity contribution in [3.05, 3.63) is 69.3 Å². The largest absolute Gasteiger partial charge is 0.493 e. The van der Waals surface area contributed by atoms with Gasteiger partial charge in [0.2, 0.25) is 0 Å². The van der Waals surface area contributed by atoms with Gasteiger partial charge in [-0.3, -0.25) is 0 Å². The molecule has 8 heteroatoms. The Balaban J connectivity index is 1.98. The molecule has 0 bridgehead atoms. The van der Waals surface area contributed by atoms with Crippen molar-refractivity contribution in [1.29, 1.82) is 0 Å². The van der Waals surface area contributed by atoms with Gasteiger partial charge in [0.15, 0.2) is 11.5 Å². The number of nitrogens with one attached hydrogen (secondary N) is 2. The number of carbonyl (C=O) groups excluding carboxylic acids is 2. The van der Waals surface area contributed by atoms with E-state index in [4.69, 9.17) is 14.2 Å². The Morgan fingerprint density at radius 1 is 1.14 bits per heavy atom. The summed E-state index contributed by atoms with van der Waals surface area (Å²) in [6.07, 6.45) is 0. The van der Waals surface area contributed by atoms with E-state index in [2.05, 4.69) is 26.6 Å². The molecule has 2 N–H and O–H groups in total. The fourth-order valence-electron chi connectivity index (χ4n) is 3.17. The van der Waals surface area contributed by atoms with Crippen LogP contribution in [0.2, 0.25) is 0 Å². The van der Waals surface area contributed by atoms with Gasteiger partial charge in [0.1, 0.15) is 6.61 Å². The maximum Gasteiger partial charge on any atom is 0.338 e. The summed E-state index contributed by atoms with van der Waals surface area (Å²) in [6.45, 7) is 1.78. The van der Waals surface area contributed by atoms with Gasteiger partial charge in [0, 0.05) is 15.7 Å². The fourth-order valence-corrected chi connectivity index (χ4v) is 3.63. The molecule has 1 aliphatic heterocycles. The van der Waals surface area contributed by atoms with Crippen LogP contribution in [0, 0.1) is 0 Å². The summed E-state index contributed by atoms with van der Waals surface area (Å²) >= 11 is 3.44. The highest BCUT2D eigenvalue weighted by Gasteiger charge is 2.35. The molecule has 0 fully saturated rings. The van der Waals surface area contributed by atoms with Crippen LogP contribution in [-0.4, -0.2) is 26.2 Å². The third-order valence-corrected chi connectivity index (χ3v) is 4.94. The number of hydrogen-bond acceptors (Lipinski definition) is 5. The Hall–Kier alpha value is -3.00. The van der Waals surface area contributed by atoms with Crippen molar-refractivity contribution in [2.24, 2.45) is 0 Å². The van der Waals surface area contributed by atoms with Crippen molar-refractivity contribution in [3.8, 4) is 11.5 Å². The quantitative estimate of drug-likeness (QED) is 0.639. The molecule has 0 saturated heterocycles. The number of ether oxygens (including phenoxy) is 3. The van der Waals surface area contributed by atoms with Gasteiger partial charge in [-0.25, -0.2) is 9.59 Å². The lowest BCUT2D eigenvalue weighted by Gasteiger charge is -2.29. The van der Waals surface area contributed by atoms with Crippen LogP contribution in [0.4, 0.5) is 4.79 Å². The Bertz CT molecular complexity index is 959. The second-order valence-corrected chi connectivity index (χ2v) is 7.28. The van der Waals surface area contributed by atoms with E-state index in [0.717, 1.165) is 5.56 Å². The normalized spacial score (nSPS) is 16.0. The smallest absolute Gasteiger partial charge is 0.338 e. The van der Waals surface area contributed by atoms with Gasteiger partial charge in [-0.2, -0.15) is 0 Å². The lowest BCUT2D eigenvalue weighted by atomic mass is 9.94. The molecule has 2 aromatic carbocycles. The number of allylic oxidation sites excluding steroid dienone is 1. The van der Waals surface area contributed by atoms with Crippen molar-refractivity contribution < 1.29 is 23.8 Å². The zero-order chi connectivity index (χ0) is 21.0. The average Bonchev–Trinajstić information content (AvgIpc) is 2.71. The van der Waals surface area contributed by atoms with Crippen molar-refractivity contribution in [2.75, 3.05) is 14.2 Å². The van der Waals surface area contributed by atoms with Gasteiger partial charge >= 0.3 is 12.0 Å². The molecule has 0 aromatic heterocycles. The zero-order valence-electron chi connectivity index (χ0n) is 16.2. The van der Waals surface area contributed by atoms with Crippen LogP contribution in [0.3, 0.4) is 0 Å². The molecule has 7 nitrogen and oxygen atoms in total. The fraction of sp³-hybridized carbons (Fsp3) is 0.238. The summed E-state index contributed by atoms with van der Waals surface area (Å²) in [5.74, 6) is 0.355. The lowest BCUT2D eigenvalue weighted by molar-refractivity contribution is -0.140. The number of benzene rings is 2. The summed E-state index contributed by atoms with van der Waals surface area (Å²) in [5, 5.41) is 5.41. The van der Waals surface area contributed by atoms with Gasteiger partial charge in [-0.1, -0.05) is 46.3 Å². The lowest BCUT2D eigenvalue weighted by Crippen LogP contribution is -2.45. The number of methoxy groups -OCH3 is 2. The van der Waals surface area contributed by atoms with Crippen molar-refractivity contribution in [3.63, 3.8) is 0 Å². The molecule has 0 spiro atoms. The van der Waals surface area contributed by atoms with Gasteiger partial charge in [0.05, 0.1) is 25.8 Å². The van der Waals surface area contributed by atoms with Crippen LogP contribution < -0.4 is 20.1 Å². The number of rotatable bonds is 6. The van der Waals surface area contributed by atoms with E-state index in [9.17, 15) is 9.59 Å². The molecule has 152 valence electrons. The van der Waals surface area contributed by atoms with E-state index < -0.39 is 18.0 Å². The van der Waals surface area contributed by atoms with Crippen LogP contribution in [0.25, 0.3) is 0 Å². The molecule has 1 aliphatic rings. The molecule has 1 unspecified atom stereocenters. The standard InChI is InChI=1S/C21H21BrN2O5/c1-12-17(20(25)29-11-13-7-5-4-6-8-13)18(24-21(26)23-12)15-9-14(22)10-16(27-2)19(15)28-3/h4-10,18H,11H2,1-3H3,(H2,23,24,26). The van der Waals surface area contributed by atoms with Crippen LogP contribution in [0.15, 0.2) is 58.2 Å². The van der Waals surface area contributed by atoms with Crippen molar-refractivity contribution >= 4 is 27.9 Å². The monoisotopic (exact) mass is 460 g/mol. The number of halogens is 1. The summed E-state index contributed by atoms with van der Waals surface area (Å²) in [5.41, 5.74) is 2.14. The van der Waals surface area contributed by atoms with Gasteiger partial charge in [0.25, 0.3) is 0 Å². The maximum atomic E-state index is 13.0. The first-order valence-corrected chi connectivity index (χ1v) is 9.64. The molecule has 2 aromatic rings. The Labute approximate surface area is 177 Å². The van der Waals surface area contributed by atoms with Gasteiger partial charge in [-0.15, -0.1) is 0 Å². The first-order chi connectivity index (χ1) is 13.9. The second kappa shape index (κ2) is 9.00. The molecule has 0 radical (unpaired) electrons. The number of hydrogen-bond donors (Lipinski definition) is 2.